The third-order valence-corrected chi connectivity index (χ3v) is 2.49. The molecule has 0 atom stereocenters. The molecule has 0 spiro atoms. The molecule has 4 heteroatoms. The van der Waals surface area contributed by atoms with Gasteiger partial charge in [-0.1, -0.05) is 6.92 Å². The summed E-state index contributed by atoms with van der Waals surface area (Å²) < 4.78 is 0. The van der Waals surface area contributed by atoms with Gasteiger partial charge in [-0.05, 0) is 18.3 Å². The largest absolute Gasteiger partial charge is 0.365 e. The Balaban J connectivity index is 2.02. The van der Waals surface area contributed by atoms with E-state index in [1.807, 2.05) is 0 Å². The highest BCUT2D eigenvalue weighted by molar-refractivity contribution is 5.30. The fourth-order valence-electron chi connectivity index (χ4n) is 1.16. The number of nitrogens with zero attached hydrogens (tertiary/aromatic N) is 1. The molecule has 1 aliphatic carbocycles. The first-order valence-electron chi connectivity index (χ1n) is 4.47. The van der Waals surface area contributed by atoms with Gasteiger partial charge in [0, 0.05) is 18.9 Å². The lowest BCUT2D eigenvalue weighted by Crippen LogP contribution is -2.20. The molecule has 0 unspecified atom stereocenters. The van der Waals surface area contributed by atoms with Crippen LogP contribution >= 0.6 is 0 Å². The summed E-state index contributed by atoms with van der Waals surface area (Å²) in [6.07, 6.45) is 5.60. The van der Waals surface area contributed by atoms with Gasteiger partial charge in [-0.25, -0.2) is 4.98 Å². The quantitative estimate of drug-likeness (QED) is 0.727. The predicted molar refractivity (Wildman–Crippen MR) is 50.7 cm³/mol. The molecule has 0 aromatic carbocycles. The molecule has 1 aliphatic rings. The molecule has 1 saturated carbocycles. The van der Waals surface area contributed by atoms with Crippen molar-refractivity contribution in [3.05, 3.63) is 22.7 Å². The molecule has 0 amide bonds. The molecule has 4 nitrogen and oxygen atoms in total. The zero-order valence-corrected chi connectivity index (χ0v) is 7.63. The first-order chi connectivity index (χ1) is 6.20. The summed E-state index contributed by atoms with van der Waals surface area (Å²) in [6, 6.07) is 0. The van der Waals surface area contributed by atoms with Crippen LogP contribution in [0.3, 0.4) is 0 Å². The Morgan fingerprint density at radius 2 is 2.46 bits per heavy atom. The molecular formula is C9H13N3O. The highest BCUT2D eigenvalue weighted by atomic mass is 16.1. The SMILES string of the molecule is CC1(CNc2ncc[nH]c2=O)CC1. The summed E-state index contributed by atoms with van der Waals surface area (Å²) in [4.78, 5) is 17.7. The summed E-state index contributed by atoms with van der Waals surface area (Å²) in [7, 11) is 0. The Kier molecular flexibility index (Phi) is 1.83. The van der Waals surface area contributed by atoms with Crippen molar-refractivity contribution in [3.8, 4) is 0 Å². The van der Waals surface area contributed by atoms with Crippen LogP contribution in [0.5, 0.6) is 0 Å². The standard InChI is InChI=1S/C9H13N3O/c1-9(2-3-9)6-12-7-8(13)11-5-4-10-7/h4-5H,2-3,6H2,1H3,(H,10,12)(H,11,13). The fraction of sp³-hybridized carbons (Fsp3) is 0.556. The molecule has 1 aromatic rings. The summed E-state index contributed by atoms with van der Waals surface area (Å²) >= 11 is 0. The van der Waals surface area contributed by atoms with Crippen LogP contribution in [0.25, 0.3) is 0 Å². The molecule has 1 fully saturated rings. The Morgan fingerprint density at radius 3 is 3.08 bits per heavy atom. The van der Waals surface area contributed by atoms with E-state index in [0.29, 0.717) is 11.2 Å². The van der Waals surface area contributed by atoms with Gasteiger partial charge in [0.05, 0.1) is 0 Å². The van der Waals surface area contributed by atoms with Crippen molar-refractivity contribution >= 4 is 5.82 Å². The Morgan fingerprint density at radius 1 is 1.69 bits per heavy atom. The molecule has 0 bridgehead atoms. The number of nitrogens with one attached hydrogen (secondary N) is 2. The topological polar surface area (TPSA) is 57.8 Å². The van der Waals surface area contributed by atoms with E-state index in [9.17, 15) is 4.79 Å². The first kappa shape index (κ1) is 8.29. The number of hydrogen-bond donors (Lipinski definition) is 2. The molecule has 70 valence electrons. The molecular weight excluding hydrogens is 166 g/mol. The van der Waals surface area contributed by atoms with Crippen LogP contribution in [0.2, 0.25) is 0 Å². The number of anilines is 1. The van der Waals surface area contributed by atoms with Crippen LogP contribution in [-0.4, -0.2) is 16.5 Å². The van der Waals surface area contributed by atoms with Gasteiger partial charge in [0.25, 0.3) is 5.56 Å². The van der Waals surface area contributed by atoms with Gasteiger partial charge >= 0.3 is 0 Å². The van der Waals surface area contributed by atoms with Crippen LogP contribution in [0.15, 0.2) is 17.2 Å². The van der Waals surface area contributed by atoms with Crippen molar-refractivity contribution in [3.63, 3.8) is 0 Å². The van der Waals surface area contributed by atoms with Gasteiger partial charge < -0.3 is 10.3 Å². The minimum atomic E-state index is -0.147. The van der Waals surface area contributed by atoms with E-state index in [-0.39, 0.29) is 5.56 Å². The van der Waals surface area contributed by atoms with Crippen LogP contribution in [0.4, 0.5) is 5.82 Å². The maximum atomic E-state index is 11.2. The molecule has 2 rings (SSSR count). The normalized spacial score (nSPS) is 18.2. The second-order valence-corrected chi connectivity index (χ2v) is 3.93. The van der Waals surface area contributed by atoms with Crippen molar-refractivity contribution in [2.24, 2.45) is 5.41 Å². The van der Waals surface area contributed by atoms with Crippen molar-refractivity contribution in [2.75, 3.05) is 11.9 Å². The van der Waals surface area contributed by atoms with E-state index in [2.05, 4.69) is 22.2 Å². The molecule has 2 N–H and O–H groups in total. The van der Waals surface area contributed by atoms with Gasteiger partial charge in [0.1, 0.15) is 0 Å². The lowest BCUT2D eigenvalue weighted by Gasteiger charge is -2.08. The van der Waals surface area contributed by atoms with E-state index < -0.39 is 0 Å². The maximum Gasteiger partial charge on any atom is 0.290 e. The molecule has 13 heavy (non-hydrogen) atoms. The van der Waals surface area contributed by atoms with E-state index in [4.69, 9.17) is 0 Å². The first-order valence-corrected chi connectivity index (χ1v) is 4.47. The molecule has 0 saturated heterocycles. The van der Waals surface area contributed by atoms with E-state index in [0.717, 1.165) is 6.54 Å². The lowest BCUT2D eigenvalue weighted by atomic mass is 10.1. The number of aromatic nitrogens is 2. The minimum Gasteiger partial charge on any atom is -0.365 e. The monoisotopic (exact) mass is 179 g/mol. The fourth-order valence-corrected chi connectivity index (χ4v) is 1.16. The third-order valence-electron chi connectivity index (χ3n) is 2.49. The van der Waals surface area contributed by atoms with E-state index >= 15 is 0 Å². The van der Waals surface area contributed by atoms with Crippen LogP contribution in [-0.2, 0) is 0 Å². The Bertz CT molecular complexity index is 354. The lowest BCUT2D eigenvalue weighted by molar-refractivity contribution is 0.608. The predicted octanol–water partition coefficient (Wildman–Crippen LogP) is 0.982. The maximum absolute atomic E-state index is 11.2. The van der Waals surface area contributed by atoms with Gasteiger partial charge in [-0.15, -0.1) is 0 Å². The van der Waals surface area contributed by atoms with E-state index in [1.165, 1.54) is 19.0 Å². The summed E-state index contributed by atoms with van der Waals surface area (Å²) in [6.45, 7) is 3.05. The van der Waals surface area contributed by atoms with Crippen LogP contribution in [0, 0.1) is 5.41 Å². The molecule has 1 heterocycles. The molecule has 0 aliphatic heterocycles. The molecule has 0 radical (unpaired) electrons. The average molecular weight is 179 g/mol. The van der Waals surface area contributed by atoms with Crippen LogP contribution < -0.4 is 10.9 Å². The Labute approximate surface area is 76.4 Å². The molecule has 1 aromatic heterocycles. The minimum absolute atomic E-state index is 0.147. The van der Waals surface area contributed by atoms with Gasteiger partial charge in [0.2, 0.25) is 0 Å². The smallest absolute Gasteiger partial charge is 0.290 e. The zero-order chi connectivity index (χ0) is 9.31. The highest BCUT2D eigenvalue weighted by Crippen LogP contribution is 2.44. The third kappa shape index (κ3) is 1.88. The van der Waals surface area contributed by atoms with Crippen molar-refractivity contribution in [1.29, 1.82) is 0 Å². The van der Waals surface area contributed by atoms with Crippen molar-refractivity contribution in [1.82, 2.24) is 9.97 Å². The van der Waals surface area contributed by atoms with Crippen molar-refractivity contribution < 1.29 is 0 Å². The second kappa shape index (κ2) is 2.87. The second-order valence-electron chi connectivity index (χ2n) is 3.93. The summed E-state index contributed by atoms with van der Waals surface area (Å²) in [5.41, 5.74) is 0.246. The van der Waals surface area contributed by atoms with Gasteiger partial charge in [-0.2, -0.15) is 0 Å². The van der Waals surface area contributed by atoms with Gasteiger partial charge in [-0.3, -0.25) is 4.79 Å². The van der Waals surface area contributed by atoms with Crippen molar-refractivity contribution in [2.45, 2.75) is 19.8 Å². The average Bonchev–Trinajstić information content (AvgIpc) is 2.83. The summed E-state index contributed by atoms with van der Waals surface area (Å²) in [5, 5.41) is 3.06. The number of rotatable bonds is 3. The summed E-state index contributed by atoms with van der Waals surface area (Å²) in [5.74, 6) is 0.427. The van der Waals surface area contributed by atoms with E-state index in [1.54, 1.807) is 6.20 Å². The number of H-pyrrole nitrogens is 1. The highest BCUT2D eigenvalue weighted by Gasteiger charge is 2.36. The number of hydrogen-bond acceptors (Lipinski definition) is 3. The number of aromatic amines is 1. The Hall–Kier alpha value is -1.32. The van der Waals surface area contributed by atoms with Crippen LogP contribution in [0.1, 0.15) is 19.8 Å². The zero-order valence-electron chi connectivity index (χ0n) is 7.63. The van der Waals surface area contributed by atoms with Gasteiger partial charge in [0.15, 0.2) is 5.82 Å².